The molecule has 3 nitrogen and oxygen atoms in total. The molecule has 1 fully saturated rings. The Bertz CT molecular complexity index is 560. The maximum absolute atomic E-state index is 10.4. The van der Waals surface area contributed by atoms with E-state index in [0.717, 1.165) is 36.1 Å². The molecule has 1 heterocycles. The van der Waals surface area contributed by atoms with E-state index in [1.54, 1.807) is 0 Å². The first-order chi connectivity index (χ1) is 10.2. The van der Waals surface area contributed by atoms with Gasteiger partial charge in [-0.1, -0.05) is 30.3 Å². The molecule has 3 heteroatoms. The van der Waals surface area contributed by atoms with Gasteiger partial charge in [-0.15, -0.1) is 0 Å². The van der Waals surface area contributed by atoms with Crippen LogP contribution in [0, 0.1) is 12.8 Å². The van der Waals surface area contributed by atoms with Gasteiger partial charge >= 0.3 is 0 Å². The zero-order chi connectivity index (χ0) is 14.7. The number of nitrogens with zero attached hydrogens (tertiary/aromatic N) is 1. The summed E-state index contributed by atoms with van der Waals surface area (Å²) in [5.74, 6) is 2.72. The van der Waals surface area contributed by atoms with Crippen molar-refractivity contribution in [3.8, 4) is 0 Å². The highest BCUT2D eigenvalue weighted by Crippen LogP contribution is 2.31. The van der Waals surface area contributed by atoms with Gasteiger partial charge in [-0.25, -0.2) is 0 Å². The number of furan rings is 1. The van der Waals surface area contributed by atoms with Crippen LogP contribution in [-0.4, -0.2) is 23.1 Å². The van der Waals surface area contributed by atoms with Gasteiger partial charge in [-0.05, 0) is 43.4 Å². The van der Waals surface area contributed by atoms with Gasteiger partial charge in [0.2, 0.25) is 0 Å². The number of aliphatic hydroxyl groups is 1. The third-order valence-corrected chi connectivity index (χ3v) is 4.00. The fourth-order valence-corrected chi connectivity index (χ4v) is 2.68. The molecular formula is C18H23NO2. The molecule has 0 bridgehead atoms. The van der Waals surface area contributed by atoms with Crippen LogP contribution >= 0.6 is 0 Å². The minimum atomic E-state index is -0.444. The molecule has 1 saturated carbocycles. The largest absolute Gasteiger partial charge is 0.465 e. The van der Waals surface area contributed by atoms with Crippen molar-refractivity contribution in [1.29, 1.82) is 0 Å². The van der Waals surface area contributed by atoms with E-state index in [0.29, 0.717) is 6.54 Å². The third-order valence-electron chi connectivity index (χ3n) is 4.00. The van der Waals surface area contributed by atoms with Crippen molar-refractivity contribution in [1.82, 2.24) is 4.90 Å². The van der Waals surface area contributed by atoms with Gasteiger partial charge in [0.15, 0.2) is 0 Å². The Kier molecular flexibility index (Phi) is 4.42. The van der Waals surface area contributed by atoms with Gasteiger partial charge in [-0.2, -0.15) is 0 Å². The van der Waals surface area contributed by atoms with Crippen molar-refractivity contribution >= 4 is 0 Å². The summed E-state index contributed by atoms with van der Waals surface area (Å²) < 4.78 is 5.68. The third kappa shape index (κ3) is 4.19. The number of hydrogen-bond donors (Lipinski definition) is 1. The summed E-state index contributed by atoms with van der Waals surface area (Å²) in [6.07, 6.45) is 2.19. The van der Waals surface area contributed by atoms with E-state index in [1.807, 2.05) is 49.4 Å². The van der Waals surface area contributed by atoms with Crippen LogP contribution in [0.1, 0.15) is 36.0 Å². The Morgan fingerprint density at radius 2 is 1.95 bits per heavy atom. The van der Waals surface area contributed by atoms with Crippen LogP contribution in [0.3, 0.4) is 0 Å². The summed E-state index contributed by atoms with van der Waals surface area (Å²) in [5.41, 5.74) is 0.980. The molecule has 112 valence electrons. The lowest BCUT2D eigenvalue weighted by Crippen LogP contribution is -2.30. The van der Waals surface area contributed by atoms with Crippen LogP contribution in [0.4, 0.5) is 0 Å². The summed E-state index contributed by atoms with van der Waals surface area (Å²) in [6, 6.07) is 13.9. The lowest BCUT2D eigenvalue weighted by atomic mass is 10.1. The Labute approximate surface area is 126 Å². The molecule has 1 unspecified atom stereocenters. The quantitative estimate of drug-likeness (QED) is 0.845. The topological polar surface area (TPSA) is 36.6 Å². The summed E-state index contributed by atoms with van der Waals surface area (Å²) in [5, 5.41) is 10.4. The molecule has 1 aromatic heterocycles. The van der Waals surface area contributed by atoms with Gasteiger partial charge in [-0.3, -0.25) is 4.90 Å². The number of benzene rings is 1. The minimum absolute atomic E-state index is 0.444. The van der Waals surface area contributed by atoms with Crippen molar-refractivity contribution in [2.24, 2.45) is 5.92 Å². The number of aliphatic hydroxyl groups excluding tert-OH is 1. The number of aryl methyl sites for hydroxylation is 1. The van der Waals surface area contributed by atoms with Crippen LogP contribution in [0.5, 0.6) is 0 Å². The normalized spacial score (nSPS) is 16.3. The van der Waals surface area contributed by atoms with E-state index in [9.17, 15) is 5.11 Å². The Balaban J connectivity index is 1.64. The molecule has 21 heavy (non-hydrogen) atoms. The van der Waals surface area contributed by atoms with E-state index >= 15 is 0 Å². The van der Waals surface area contributed by atoms with Crippen molar-refractivity contribution in [2.75, 3.05) is 13.1 Å². The van der Waals surface area contributed by atoms with Crippen LogP contribution in [0.25, 0.3) is 0 Å². The van der Waals surface area contributed by atoms with Crippen molar-refractivity contribution in [2.45, 2.75) is 32.4 Å². The first kappa shape index (κ1) is 14.4. The van der Waals surface area contributed by atoms with E-state index in [-0.39, 0.29) is 0 Å². The predicted octanol–water partition coefficient (Wildman–Crippen LogP) is 3.53. The van der Waals surface area contributed by atoms with E-state index in [1.165, 1.54) is 12.8 Å². The molecule has 2 aromatic rings. The molecule has 1 aliphatic rings. The van der Waals surface area contributed by atoms with Crippen molar-refractivity contribution in [3.05, 3.63) is 59.5 Å². The van der Waals surface area contributed by atoms with Crippen LogP contribution in [0.15, 0.2) is 46.9 Å². The van der Waals surface area contributed by atoms with Gasteiger partial charge in [0, 0.05) is 13.1 Å². The first-order valence-corrected chi connectivity index (χ1v) is 7.71. The van der Waals surface area contributed by atoms with Crippen molar-refractivity contribution < 1.29 is 9.52 Å². The van der Waals surface area contributed by atoms with Crippen LogP contribution in [0.2, 0.25) is 0 Å². The Hall–Kier alpha value is -1.58. The highest BCUT2D eigenvalue weighted by Gasteiger charge is 2.26. The summed E-state index contributed by atoms with van der Waals surface area (Å²) >= 11 is 0. The fraction of sp³-hybridized carbons (Fsp3) is 0.444. The average Bonchev–Trinajstić information content (AvgIpc) is 3.21. The van der Waals surface area contributed by atoms with Crippen LogP contribution < -0.4 is 0 Å². The molecule has 0 amide bonds. The zero-order valence-electron chi connectivity index (χ0n) is 12.5. The molecule has 1 atom stereocenters. The summed E-state index contributed by atoms with van der Waals surface area (Å²) in [4.78, 5) is 2.31. The summed E-state index contributed by atoms with van der Waals surface area (Å²) in [7, 11) is 0. The highest BCUT2D eigenvalue weighted by molar-refractivity contribution is 5.17. The highest BCUT2D eigenvalue weighted by atomic mass is 16.3. The molecule has 1 aromatic carbocycles. The average molecular weight is 285 g/mol. The van der Waals surface area contributed by atoms with Crippen LogP contribution in [-0.2, 0) is 6.54 Å². The smallest absolute Gasteiger partial charge is 0.118 e. The maximum atomic E-state index is 10.4. The predicted molar refractivity (Wildman–Crippen MR) is 82.8 cm³/mol. The fourth-order valence-electron chi connectivity index (χ4n) is 2.68. The second-order valence-corrected chi connectivity index (χ2v) is 6.08. The summed E-state index contributed by atoms with van der Waals surface area (Å²) in [6.45, 7) is 4.44. The lowest BCUT2D eigenvalue weighted by Gasteiger charge is -2.24. The van der Waals surface area contributed by atoms with E-state index < -0.39 is 6.10 Å². The van der Waals surface area contributed by atoms with Crippen molar-refractivity contribution in [3.63, 3.8) is 0 Å². The minimum Gasteiger partial charge on any atom is -0.465 e. The Morgan fingerprint density at radius 3 is 2.57 bits per heavy atom. The monoisotopic (exact) mass is 285 g/mol. The zero-order valence-corrected chi connectivity index (χ0v) is 12.5. The maximum Gasteiger partial charge on any atom is 0.118 e. The van der Waals surface area contributed by atoms with Gasteiger partial charge in [0.05, 0.1) is 12.6 Å². The van der Waals surface area contributed by atoms with Gasteiger partial charge in [0.25, 0.3) is 0 Å². The molecule has 0 radical (unpaired) electrons. The van der Waals surface area contributed by atoms with E-state index in [4.69, 9.17) is 4.42 Å². The lowest BCUT2D eigenvalue weighted by molar-refractivity contribution is 0.102. The Morgan fingerprint density at radius 1 is 1.19 bits per heavy atom. The molecule has 1 N–H and O–H groups in total. The molecule has 0 spiro atoms. The SMILES string of the molecule is Cc1ccc(CN(CC2CC2)CC(O)c2ccccc2)o1. The molecule has 0 aliphatic heterocycles. The number of hydrogen-bond acceptors (Lipinski definition) is 3. The van der Waals surface area contributed by atoms with Gasteiger partial charge in [0.1, 0.15) is 11.5 Å². The van der Waals surface area contributed by atoms with Gasteiger partial charge < -0.3 is 9.52 Å². The second kappa shape index (κ2) is 6.46. The first-order valence-electron chi connectivity index (χ1n) is 7.71. The molecular weight excluding hydrogens is 262 g/mol. The standard InChI is InChI=1S/C18H23NO2/c1-14-7-10-17(21-14)12-19(11-15-8-9-15)13-18(20)16-5-3-2-4-6-16/h2-7,10,15,18,20H,8-9,11-13H2,1H3. The number of rotatable bonds is 7. The molecule has 3 rings (SSSR count). The van der Waals surface area contributed by atoms with E-state index in [2.05, 4.69) is 4.90 Å². The molecule has 1 aliphatic carbocycles. The molecule has 0 saturated heterocycles. The second-order valence-electron chi connectivity index (χ2n) is 6.08.